The van der Waals surface area contributed by atoms with Gasteiger partial charge in [-0.15, -0.1) is 5.10 Å². The highest BCUT2D eigenvalue weighted by atomic mass is 16.5. The number of aromatic nitrogens is 3. The van der Waals surface area contributed by atoms with Crippen LogP contribution < -0.4 is 5.32 Å². The highest BCUT2D eigenvalue weighted by Gasteiger charge is 2.38. The molecule has 1 amide bonds. The standard InChI is InChI=1S/C23H22N4O2/c1-15-13-21(26-27(15)17-5-3-2-4-6-17)25-23(28)19-14-18-7-8-20(29-18)22(19)16-9-11-24-12-10-16/h2-6,9-13,18,20H,7-8,14H2,1H3,(H,25,26,28)/t18-,20+/m1/s1. The van der Waals surface area contributed by atoms with E-state index in [-0.39, 0.29) is 18.1 Å². The molecule has 1 saturated heterocycles. The first-order valence-electron chi connectivity index (χ1n) is 9.91. The summed E-state index contributed by atoms with van der Waals surface area (Å²) in [5.74, 6) is 0.450. The van der Waals surface area contributed by atoms with Crippen LogP contribution in [0.15, 0.2) is 66.5 Å². The average molecular weight is 386 g/mol. The second-order valence-electron chi connectivity index (χ2n) is 7.53. The number of para-hydroxylation sites is 1. The van der Waals surface area contributed by atoms with E-state index in [0.717, 1.165) is 40.9 Å². The van der Waals surface area contributed by atoms with E-state index in [1.165, 1.54) is 0 Å². The largest absolute Gasteiger partial charge is 0.370 e. The first-order valence-corrected chi connectivity index (χ1v) is 9.91. The van der Waals surface area contributed by atoms with Crippen molar-refractivity contribution in [3.63, 3.8) is 0 Å². The van der Waals surface area contributed by atoms with Crippen molar-refractivity contribution in [1.29, 1.82) is 0 Å². The fourth-order valence-electron chi connectivity index (χ4n) is 4.26. The highest BCUT2D eigenvalue weighted by Crippen LogP contribution is 2.41. The summed E-state index contributed by atoms with van der Waals surface area (Å²) in [7, 11) is 0. The summed E-state index contributed by atoms with van der Waals surface area (Å²) >= 11 is 0. The number of rotatable bonds is 4. The predicted octanol–water partition coefficient (Wildman–Crippen LogP) is 3.92. The van der Waals surface area contributed by atoms with E-state index in [9.17, 15) is 4.79 Å². The number of nitrogens with one attached hydrogen (secondary N) is 1. The quantitative estimate of drug-likeness (QED) is 0.738. The van der Waals surface area contributed by atoms with E-state index in [1.807, 2.05) is 60.1 Å². The fourth-order valence-corrected chi connectivity index (χ4v) is 4.26. The van der Waals surface area contributed by atoms with Gasteiger partial charge in [0.25, 0.3) is 5.91 Å². The third kappa shape index (κ3) is 3.36. The number of aryl methyl sites for hydroxylation is 1. The number of hydrogen-bond donors (Lipinski definition) is 1. The van der Waals surface area contributed by atoms with Gasteiger partial charge in [0.2, 0.25) is 0 Å². The van der Waals surface area contributed by atoms with E-state index in [1.54, 1.807) is 12.4 Å². The van der Waals surface area contributed by atoms with Crippen LogP contribution in [0.1, 0.15) is 30.5 Å². The number of anilines is 1. The van der Waals surface area contributed by atoms with Crippen molar-refractivity contribution in [3.8, 4) is 5.69 Å². The van der Waals surface area contributed by atoms with Crippen LogP contribution in [0, 0.1) is 6.92 Å². The Balaban J connectivity index is 1.47. The van der Waals surface area contributed by atoms with Crippen molar-refractivity contribution >= 4 is 17.3 Å². The number of fused-ring (bicyclic) bond motifs is 2. The van der Waals surface area contributed by atoms with Crippen molar-refractivity contribution in [2.75, 3.05) is 5.32 Å². The van der Waals surface area contributed by atoms with Gasteiger partial charge in [-0.2, -0.15) is 0 Å². The molecule has 29 heavy (non-hydrogen) atoms. The molecule has 2 bridgehead atoms. The van der Waals surface area contributed by atoms with Gasteiger partial charge in [0.1, 0.15) is 0 Å². The monoisotopic (exact) mass is 386 g/mol. The Bertz CT molecular complexity index is 1070. The Labute approximate surface area is 169 Å². The van der Waals surface area contributed by atoms with E-state index >= 15 is 0 Å². The maximum atomic E-state index is 13.2. The summed E-state index contributed by atoms with van der Waals surface area (Å²) in [5, 5.41) is 7.60. The van der Waals surface area contributed by atoms with Gasteiger partial charge in [0, 0.05) is 36.1 Å². The van der Waals surface area contributed by atoms with E-state index in [2.05, 4.69) is 15.4 Å². The van der Waals surface area contributed by atoms with Crippen molar-refractivity contribution in [3.05, 3.63) is 77.8 Å². The van der Waals surface area contributed by atoms with Crippen molar-refractivity contribution in [1.82, 2.24) is 14.8 Å². The molecule has 1 N–H and O–H groups in total. The summed E-state index contributed by atoms with van der Waals surface area (Å²) in [6.07, 6.45) is 6.15. The Morgan fingerprint density at radius 1 is 1.14 bits per heavy atom. The van der Waals surface area contributed by atoms with Gasteiger partial charge in [-0.1, -0.05) is 18.2 Å². The summed E-state index contributed by atoms with van der Waals surface area (Å²) in [6.45, 7) is 1.98. The topological polar surface area (TPSA) is 69.0 Å². The van der Waals surface area contributed by atoms with Crippen LogP contribution in [0.5, 0.6) is 0 Å². The molecule has 2 aliphatic rings. The third-order valence-electron chi connectivity index (χ3n) is 5.58. The van der Waals surface area contributed by atoms with Crippen LogP contribution in [-0.2, 0) is 9.53 Å². The molecule has 6 nitrogen and oxygen atoms in total. The fraction of sp³-hybridized carbons (Fsp3) is 0.261. The van der Waals surface area contributed by atoms with Crippen molar-refractivity contribution in [2.24, 2.45) is 0 Å². The molecule has 4 heterocycles. The number of carbonyl (C=O) groups excluding carboxylic acids is 1. The number of amides is 1. The second kappa shape index (κ2) is 7.29. The molecule has 6 heteroatoms. The summed E-state index contributed by atoms with van der Waals surface area (Å²) in [6, 6.07) is 15.7. The zero-order valence-electron chi connectivity index (χ0n) is 16.2. The predicted molar refractivity (Wildman–Crippen MR) is 111 cm³/mol. The number of benzene rings is 1. The second-order valence-corrected chi connectivity index (χ2v) is 7.53. The lowest BCUT2D eigenvalue weighted by atomic mass is 9.92. The van der Waals surface area contributed by atoms with Crippen LogP contribution in [0.3, 0.4) is 0 Å². The summed E-state index contributed by atoms with van der Waals surface area (Å²) < 4.78 is 7.93. The third-order valence-corrected chi connectivity index (χ3v) is 5.58. The van der Waals surface area contributed by atoms with Gasteiger partial charge < -0.3 is 10.1 Å². The van der Waals surface area contributed by atoms with Crippen molar-refractivity contribution in [2.45, 2.75) is 38.4 Å². The normalized spacial score (nSPS) is 20.7. The molecule has 1 aromatic carbocycles. The molecule has 0 aliphatic carbocycles. The van der Waals surface area contributed by atoms with E-state index in [0.29, 0.717) is 12.2 Å². The SMILES string of the molecule is Cc1cc(NC(=O)C2=C(c3ccncc3)[C@@H]3CC[C@H](C2)O3)nn1-c1ccccc1. The minimum atomic E-state index is -0.102. The Hall–Kier alpha value is -3.25. The molecular formula is C23H22N4O2. The number of pyridine rings is 1. The molecule has 3 aromatic rings. The zero-order valence-corrected chi connectivity index (χ0v) is 16.2. The van der Waals surface area contributed by atoms with E-state index in [4.69, 9.17) is 4.74 Å². The minimum absolute atomic E-state index is 0.0273. The van der Waals surface area contributed by atoms with Gasteiger partial charge in [-0.25, -0.2) is 4.68 Å². The molecule has 2 aromatic heterocycles. The van der Waals surface area contributed by atoms with Gasteiger partial charge in [0.15, 0.2) is 5.82 Å². The highest BCUT2D eigenvalue weighted by molar-refractivity contribution is 6.09. The Morgan fingerprint density at radius 3 is 2.72 bits per heavy atom. The number of carbonyl (C=O) groups is 1. The lowest BCUT2D eigenvalue weighted by Crippen LogP contribution is -2.27. The molecule has 1 fully saturated rings. The smallest absolute Gasteiger partial charge is 0.253 e. The maximum Gasteiger partial charge on any atom is 0.253 e. The van der Waals surface area contributed by atoms with Gasteiger partial charge in [0.05, 0.1) is 17.9 Å². The van der Waals surface area contributed by atoms with E-state index < -0.39 is 0 Å². The van der Waals surface area contributed by atoms with Gasteiger partial charge >= 0.3 is 0 Å². The first-order chi connectivity index (χ1) is 14.2. The van der Waals surface area contributed by atoms with Gasteiger partial charge in [-0.3, -0.25) is 9.78 Å². The molecule has 0 radical (unpaired) electrons. The van der Waals surface area contributed by atoms with Crippen LogP contribution in [-0.4, -0.2) is 32.9 Å². The van der Waals surface area contributed by atoms with Crippen LogP contribution in [0.4, 0.5) is 5.82 Å². The van der Waals surface area contributed by atoms with Gasteiger partial charge in [-0.05, 0) is 55.2 Å². The number of ether oxygens (including phenoxy) is 1. The Morgan fingerprint density at radius 2 is 1.93 bits per heavy atom. The minimum Gasteiger partial charge on any atom is -0.370 e. The number of hydrogen-bond acceptors (Lipinski definition) is 4. The first kappa shape index (κ1) is 17.8. The Kier molecular flexibility index (Phi) is 4.48. The lowest BCUT2D eigenvalue weighted by molar-refractivity contribution is -0.113. The number of nitrogens with zero attached hydrogens (tertiary/aromatic N) is 3. The molecule has 0 saturated carbocycles. The molecule has 0 unspecified atom stereocenters. The van der Waals surface area contributed by atoms with Crippen LogP contribution in [0.25, 0.3) is 11.3 Å². The van der Waals surface area contributed by atoms with Crippen LogP contribution >= 0.6 is 0 Å². The average Bonchev–Trinajstić information content (AvgIpc) is 3.31. The molecule has 146 valence electrons. The molecule has 5 rings (SSSR count). The molecule has 2 aliphatic heterocycles. The molecule has 0 spiro atoms. The van der Waals surface area contributed by atoms with Crippen molar-refractivity contribution < 1.29 is 9.53 Å². The van der Waals surface area contributed by atoms with Crippen LogP contribution in [0.2, 0.25) is 0 Å². The molecule has 2 atom stereocenters. The summed E-state index contributed by atoms with van der Waals surface area (Å²) in [5.41, 5.74) is 4.70. The lowest BCUT2D eigenvalue weighted by Gasteiger charge is -2.26. The summed E-state index contributed by atoms with van der Waals surface area (Å²) in [4.78, 5) is 17.3. The molecular weight excluding hydrogens is 364 g/mol. The maximum absolute atomic E-state index is 13.2. The zero-order chi connectivity index (χ0) is 19.8.